The van der Waals surface area contributed by atoms with Gasteiger partial charge in [-0.2, -0.15) is 0 Å². The second-order valence-electron chi connectivity index (χ2n) is 2.42. The minimum absolute atomic E-state index is 0.473. The average molecular weight is 275 g/mol. The van der Waals surface area contributed by atoms with Crippen LogP contribution < -0.4 is 3.47 Å². The first kappa shape index (κ1) is 7.57. The third kappa shape index (κ3) is 1.30. The summed E-state index contributed by atoms with van der Waals surface area (Å²) in [6.07, 6.45) is 0. The molecule has 1 aromatic carbocycles. The van der Waals surface area contributed by atoms with Gasteiger partial charge in [-0.3, -0.25) is 0 Å². The molecule has 0 amide bonds. The van der Waals surface area contributed by atoms with Crippen molar-refractivity contribution in [2.45, 2.75) is 6.92 Å². The van der Waals surface area contributed by atoms with Crippen molar-refractivity contribution in [3.05, 3.63) is 23.8 Å². The van der Waals surface area contributed by atoms with E-state index >= 15 is 0 Å². The molecule has 0 unspecified atom stereocenters. The maximum absolute atomic E-state index is 4.43. The molecule has 0 atom stereocenters. The van der Waals surface area contributed by atoms with Gasteiger partial charge in [-0.1, -0.05) is 0 Å². The number of hydrogen-bond acceptors (Lipinski definition) is 1. The zero-order chi connectivity index (χ0) is 7.84. The van der Waals surface area contributed by atoms with E-state index in [2.05, 4.69) is 46.1 Å². The van der Waals surface area contributed by atoms with Gasteiger partial charge in [0.25, 0.3) is 0 Å². The van der Waals surface area contributed by atoms with Crippen LogP contribution in [0.4, 0.5) is 0 Å². The molecule has 0 aliphatic heterocycles. The number of aryl methyl sites for hydroxylation is 1. The predicted octanol–water partition coefficient (Wildman–Crippen LogP) is 0.126. The Morgan fingerprint density at radius 3 is 3.00 bits per heavy atom. The van der Waals surface area contributed by atoms with Gasteiger partial charge in [0, 0.05) is 0 Å². The standard InChI is InChI=1S/C8H7NSe2/c1-5-3-2-4-6-7(5)11-8(10)9-6/h2-4H,1H3,(H,9,10). The molecule has 11 heavy (non-hydrogen) atoms. The average Bonchev–Trinajstić information content (AvgIpc) is 2.31. The molecular weight excluding hydrogens is 268 g/mol. The molecule has 0 aliphatic rings. The van der Waals surface area contributed by atoms with E-state index in [1.165, 1.54) is 18.8 Å². The summed E-state index contributed by atoms with van der Waals surface area (Å²) < 4.78 is 2.69. The van der Waals surface area contributed by atoms with E-state index in [1.54, 1.807) is 0 Å². The summed E-state index contributed by atoms with van der Waals surface area (Å²) in [5.74, 6) is 0. The van der Waals surface area contributed by atoms with E-state index in [9.17, 15) is 0 Å². The Morgan fingerprint density at radius 2 is 2.27 bits per heavy atom. The van der Waals surface area contributed by atoms with Gasteiger partial charge in [-0.05, 0) is 0 Å². The van der Waals surface area contributed by atoms with Crippen LogP contribution in [0.25, 0.3) is 9.78 Å². The molecule has 3 heteroatoms. The van der Waals surface area contributed by atoms with Crippen molar-refractivity contribution in [2.24, 2.45) is 0 Å². The minimum atomic E-state index is 0.473. The number of benzene rings is 1. The monoisotopic (exact) mass is 277 g/mol. The van der Waals surface area contributed by atoms with Crippen molar-refractivity contribution in [3.63, 3.8) is 0 Å². The first-order valence-corrected chi connectivity index (χ1v) is 5.97. The summed E-state index contributed by atoms with van der Waals surface area (Å²) in [7, 11) is 0. The Hall–Kier alpha value is -0.0710. The Kier molecular flexibility index (Phi) is 1.90. The van der Waals surface area contributed by atoms with Crippen LogP contribution in [0.3, 0.4) is 0 Å². The van der Waals surface area contributed by atoms with Crippen molar-refractivity contribution in [1.29, 1.82) is 0 Å². The van der Waals surface area contributed by atoms with Crippen molar-refractivity contribution in [3.8, 4) is 0 Å². The molecule has 0 spiro atoms. The molecule has 0 N–H and O–H groups in total. The van der Waals surface area contributed by atoms with Crippen molar-refractivity contribution in [1.82, 2.24) is 4.98 Å². The van der Waals surface area contributed by atoms with Gasteiger partial charge < -0.3 is 0 Å². The summed E-state index contributed by atoms with van der Waals surface area (Å²) in [6, 6.07) is 6.31. The van der Waals surface area contributed by atoms with E-state index in [4.69, 9.17) is 0 Å². The van der Waals surface area contributed by atoms with Crippen LogP contribution in [-0.2, 0) is 0 Å². The number of fused-ring (bicyclic) bond motifs is 1. The molecule has 1 aromatic heterocycles. The first-order valence-electron chi connectivity index (χ1n) is 3.32. The molecule has 2 aromatic rings. The van der Waals surface area contributed by atoms with E-state index in [-0.39, 0.29) is 0 Å². The molecule has 1 nitrogen and oxygen atoms in total. The number of nitrogens with zero attached hydrogens (tertiary/aromatic N) is 1. The SMILES string of the molecule is Cc1cccc2nc([SeH])[se]c12. The number of aromatic nitrogens is 1. The van der Waals surface area contributed by atoms with Gasteiger partial charge in [-0.25, -0.2) is 0 Å². The second kappa shape index (κ2) is 2.76. The van der Waals surface area contributed by atoms with Gasteiger partial charge in [0.2, 0.25) is 0 Å². The van der Waals surface area contributed by atoms with E-state index in [0.29, 0.717) is 14.5 Å². The van der Waals surface area contributed by atoms with Gasteiger partial charge in [0.1, 0.15) is 0 Å². The van der Waals surface area contributed by atoms with E-state index < -0.39 is 0 Å². The van der Waals surface area contributed by atoms with Gasteiger partial charge in [-0.15, -0.1) is 0 Å². The van der Waals surface area contributed by atoms with E-state index in [0.717, 1.165) is 0 Å². The summed E-state index contributed by atoms with van der Waals surface area (Å²) in [5, 5.41) is 0. The van der Waals surface area contributed by atoms with Crippen LogP contribution in [0.15, 0.2) is 18.2 Å². The summed E-state index contributed by atoms with van der Waals surface area (Å²) in [5.41, 5.74) is 2.56. The van der Waals surface area contributed by atoms with Crippen LogP contribution in [0.5, 0.6) is 0 Å². The van der Waals surface area contributed by atoms with Gasteiger partial charge >= 0.3 is 79.4 Å². The fraction of sp³-hybridized carbons (Fsp3) is 0.125. The molecule has 2 rings (SSSR count). The molecule has 0 bridgehead atoms. The summed E-state index contributed by atoms with van der Waals surface area (Å²) in [4.78, 5) is 4.43. The van der Waals surface area contributed by atoms with Crippen LogP contribution in [-0.4, -0.2) is 35.5 Å². The number of hydrogen-bond donors (Lipinski definition) is 0. The number of rotatable bonds is 0. The quantitative estimate of drug-likeness (QED) is 0.623. The summed E-state index contributed by atoms with van der Waals surface area (Å²) in [6.45, 7) is 2.15. The van der Waals surface area contributed by atoms with Gasteiger partial charge in [0.05, 0.1) is 0 Å². The first-order chi connectivity index (χ1) is 5.27. The predicted molar refractivity (Wildman–Crippen MR) is 50.2 cm³/mol. The fourth-order valence-electron chi connectivity index (χ4n) is 1.07. The Balaban J connectivity index is 2.90. The molecule has 0 radical (unpaired) electrons. The molecule has 0 saturated heterocycles. The fourth-order valence-corrected chi connectivity index (χ4v) is 3.92. The van der Waals surface area contributed by atoms with Crippen LogP contribution >= 0.6 is 0 Å². The second-order valence-corrected chi connectivity index (χ2v) is 6.88. The van der Waals surface area contributed by atoms with Crippen molar-refractivity contribution < 1.29 is 0 Å². The van der Waals surface area contributed by atoms with Crippen molar-refractivity contribution >= 4 is 43.8 Å². The zero-order valence-corrected chi connectivity index (χ0v) is 9.62. The molecular formula is C8H7NSe2. The van der Waals surface area contributed by atoms with Gasteiger partial charge in [0.15, 0.2) is 0 Å². The van der Waals surface area contributed by atoms with Crippen molar-refractivity contribution in [2.75, 3.05) is 0 Å². The van der Waals surface area contributed by atoms with E-state index in [1.807, 2.05) is 0 Å². The Labute approximate surface area is 79.4 Å². The van der Waals surface area contributed by atoms with Crippen LogP contribution in [0.1, 0.15) is 5.56 Å². The Morgan fingerprint density at radius 1 is 1.45 bits per heavy atom. The normalized spacial score (nSPS) is 10.7. The molecule has 1 heterocycles. The third-order valence-corrected chi connectivity index (χ3v) is 4.92. The summed E-state index contributed by atoms with van der Waals surface area (Å²) >= 11 is 3.02. The van der Waals surface area contributed by atoms with Crippen LogP contribution in [0.2, 0.25) is 0 Å². The molecule has 0 aliphatic carbocycles. The molecule has 56 valence electrons. The Bertz CT molecular complexity index is 392. The third-order valence-electron chi connectivity index (χ3n) is 1.60. The molecule has 0 saturated carbocycles. The zero-order valence-electron chi connectivity index (χ0n) is 6.03. The topological polar surface area (TPSA) is 12.9 Å². The van der Waals surface area contributed by atoms with Crippen LogP contribution in [0, 0.1) is 6.92 Å². The molecule has 0 fully saturated rings. The maximum atomic E-state index is 4.43.